The molecule has 2 rings (SSSR count). The number of alkyl halides is 3. The first kappa shape index (κ1) is 19.6. The standard InChI is InChI=1S/C13H16N2O2.C2HF3O2/c1-7(2)11(14)12-15-9-6-4-5-8(3)10(9)13(16)17-12;3-2(4,5)1(6)7/h4-7,11H,14H2,1-3H3;(H,6,7). The van der Waals surface area contributed by atoms with Crippen molar-refractivity contribution in [3.63, 3.8) is 0 Å². The molecule has 0 saturated heterocycles. The van der Waals surface area contributed by atoms with E-state index in [2.05, 4.69) is 4.98 Å². The highest BCUT2D eigenvalue weighted by atomic mass is 19.4. The molecule has 0 aliphatic rings. The van der Waals surface area contributed by atoms with Crippen molar-refractivity contribution in [1.82, 2.24) is 4.98 Å². The molecule has 0 fully saturated rings. The number of aryl methyl sites for hydroxylation is 1. The second kappa shape index (κ2) is 7.43. The van der Waals surface area contributed by atoms with Gasteiger partial charge in [-0.3, -0.25) is 0 Å². The Kier molecular flexibility index (Phi) is 6.08. The zero-order valence-electron chi connectivity index (χ0n) is 13.2. The van der Waals surface area contributed by atoms with Gasteiger partial charge in [0.25, 0.3) is 0 Å². The van der Waals surface area contributed by atoms with Crippen molar-refractivity contribution < 1.29 is 27.5 Å². The predicted molar refractivity (Wildman–Crippen MR) is 80.5 cm³/mol. The minimum Gasteiger partial charge on any atom is -0.475 e. The molecule has 1 heterocycles. The van der Waals surface area contributed by atoms with E-state index in [-0.39, 0.29) is 17.6 Å². The molecule has 0 amide bonds. The number of aromatic nitrogens is 1. The molecule has 0 radical (unpaired) electrons. The Morgan fingerprint density at radius 1 is 1.33 bits per heavy atom. The zero-order chi connectivity index (χ0) is 18.7. The fourth-order valence-corrected chi connectivity index (χ4v) is 1.73. The van der Waals surface area contributed by atoms with E-state index in [1.54, 1.807) is 6.07 Å². The lowest BCUT2D eigenvalue weighted by atomic mass is 10.1. The molecular formula is C15H17F3N2O4. The fourth-order valence-electron chi connectivity index (χ4n) is 1.73. The Bertz CT molecular complexity index is 784. The van der Waals surface area contributed by atoms with E-state index in [1.807, 2.05) is 32.9 Å². The van der Waals surface area contributed by atoms with Gasteiger partial charge in [0.2, 0.25) is 5.89 Å². The number of fused-ring (bicyclic) bond motifs is 1. The quantitative estimate of drug-likeness (QED) is 0.866. The van der Waals surface area contributed by atoms with E-state index in [0.717, 1.165) is 5.56 Å². The molecular weight excluding hydrogens is 329 g/mol. The van der Waals surface area contributed by atoms with Gasteiger partial charge in [0.1, 0.15) is 0 Å². The van der Waals surface area contributed by atoms with Gasteiger partial charge in [-0.2, -0.15) is 13.2 Å². The molecule has 6 nitrogen and oxygen atoms in total. The Morgan fingerprint density at radius 3 is 2.33 bits per heavy atom. The van der Waals surface area contributed by atoms with Crippen LogP contribution >= 0.6 is 0 Å². The number of carboxylic acids is 1. The molecule has 24 heavy (non-hydrogen) atoms. The molecule has 0 aliphatic carbocycles. The van der Waals surface area contributed by atoms with E-state index >= 15 is 0 Å². The third-order valence-corrected chi connectivity index (χ3v) is 3.13. The molecule has 1 aromatic heterocycles. The first-order valence-corrected chi connectivity index (χ1v) is 6.91. The van der Waals surface area contributed by atoms with Gasteiger partial charge in [0.05, 0.1) is 16.9 Å². The molecule has 3 N–H and O–H groups in total. The number of rotatable bonds is 2. The molecule has 0 saturated carbocycles. The lowest BCUT2D eigenvalue weighted by Crippen LogP contribution is -2.21. The topological polar surface area (TPSA) is 106 Å². The molecule has 1 unspecified atom stereocenters. The minimum absolute atomic E-state index is 0.174. The average molecular weight is 346 g/mol. The molecule has 0 spiro atoms. The molecule has 0 bridgehead atoms. The highest BCUT2D eigenvalue weighted by molar-refractivity contribution is 5.80. The summed E-state index contributed by atoms with van der Waals surface area (Å²) < 4.78 is 36.9. The summed E-state index contributed by atoms with van der Waals surface area (Å²) in [5.74, 6) is -2.27. The first-order chi connectivity index (χ1) is 10.9. The van der Waals surface area contributed by atoms with Crippen LogP contribution in [-0.4, -0.2) is 22.2 Å². The maximum atomic E-state index is 11.9. The van der Waals surface area contributed by atoms with E-state index in [0.29, 0.717) is 16.8 Å². The Labute approximate surface area is 135 Å². The van der Waals surface area contributed by atoms with Gasteiger partial charge >= 0.3 is 17.8 Å². The van der Waals surface area contributed by atoms with Crippen molar-refractivity contribution in [3.05, 3.63) is 40.1 Å². The average Bonchev–Trinajstić information content (AvgIpc) is 2.45. The van der Waals surface area contributed by atoms with E-state index < -0.39 is 12.1 Å². The Balaban J connectivity index is 0.000000351. The third kappa shape index (κ3) is 4.79. The normalized spacial score (nSPS) is 12.7. The smallest absolute Gasteiger partial charge is 0.475 e. The SMILES string of the molecule is Cc1cccc2nc(C(N)C(C)C)oc(=O)c12.O=C(O)C(F)(F)F. The summed E-state index contributed by atoms with van der Waals surface area (Å²) in [6.45, 7) is 5.79. The van der Waals surface area contributed by atoms with Crippen molar-refractivity contribution >= 4 is 16.9 Å². The number of benzene rings is 1. The van der Waals surface area contributed by atoms with Crippen LogP contribution in [0, 0.1) is 12.8 Å². The van der Waals surface area contributed by atoms with Crippen molar-refractivity contribution in [3.8, 4) is 0 Å². The molecule has 0 aliphatic heterocycles. The van der Waals surface area contributed by atoms with E-state index in [9.17, 15) is 18.0 Å². The van der Waals surface area contributed by atoms with Crippen molar-refractivity contribution in [2.75, 3.05) is 0 Å². The summed E-state index contributed by atoms with van der Waals surface area (Å²) in [4.78, 5) is 25.1. The van der Waals surface area contributed by atoms with Crippen LogP contribution in [-0.2, 0) is 4.79 Å². The summed E-state index contributed by atoms with van der Waals surface area (Å²) in [6, 6.07) is 5.18. The summed E-state index contributed by atoms with van der Waals surface area (Å²) in [5.41, 5.74) is 7.09. The number of hydrogen-bond donors (Lipinski definition) is 2. The van der Waals surface area contributed by atoms with Crippen LogP contribution in [0.5, 0.6) is 0 Å². The highest BCUT2D eigenvalue weighted by Crippen LogP contribution is 2.19. The number of carbonyl (C=O) groups is 1. The van der Waals surface area contributed by atoms with E-state index in [1.165, 1.54) is 0 Å². The van der Waals surface area contributed by atoms with Gasteiger partial charge in [0, 0.05) is 0 Å². The predicted octanol–water partition coefficient (Wildman–Crippen LogP) is 2.79. The lowest BCUT2D eigenvalue weighted by molar-refractivity contribution is -0.192. The summed E-state index contributed by atoms with van der Waals surface area (Å²) >= 11 is 0. The van der Waals surface area contributed by atoms with Gasteiger partial charge in [-0.25, -0.2) is 14.6 Å². The van der Waals surface area contributed by atoms with Crippen LogP contribution in [0.3, 0.4) is 0 Å². The number of carboxylic acid groups (broad SMARTS) is 1. The zero-order valence-corrected chi connectivity index (χ0v) is 13.2. The number of nitrogens with zero attached hydrogens (tertiary/aromatic N) is 1. The third-order valence-electron chi connectivity index (χ3n) is 3.13. The molecule has 1 atom stereocenters. The highest BCUT2D eigenvalue weighted by Gasteiger charge is 2.38. The van der Waals surface area contributed by atoms with Gasteiger partial charge in [-0.15, -0.1) is 0 Å². The maximum Gasteiger partial charge on any atom is 0.490 e. The van der Waals surface area contributed by atoms with Gasteiger partial charge in [0.15, 0.2) is 0 Å². The van der Waals surface area contributed by atoms with Crippen LogP contribution in [0.2, 0.25) is 0 Å². The van der Waals surface area contributed by atoms with Crippen LogP contribution in [0.25, 0.3) is 10.9 Å². The van der Waals surface area contributed by atoms with Gasteiger partial charge < -0.3 is 15.3 Å². The second-order valence-electron chi connectivity index (χ2n) is 5.38. The molecule has 9 heteroatoms. The number of aliphatic carboxylic acids is 1. The summed E-state index contributed by atoms with van der Waals surface area (Å²) in [5, 5.41) is 7.66. The van der Waals surface area contributed by atoms with Crippen molar-refractivity contribution in [2.24, 2.45) is 11.7 Å². The fraction of sp³-hybridized carbons (Fsp3) is 0.400. The molecule has 1 aromatic carbocycles. The van der Waals surface area contributed by atoms with Crippen molar-refractivity contribution in [2.45, 2.75) is 33.0 Å². The molecule has 2 aromatic rings. The number of halogens is 3. The monoisotopic (exact) mass is 346 g/mol. The lowest BCUT2D eigenvalue weighted by Gasteiger charge is -2.13. The van der Waals surface area contributed by atoms with Crippen LogP contribution in [0.15, 0.2) is 27.4 Å². The van der Waals surface area contributed by atoms with Gasteiger partial charge in [-0.1, -0.05) is 26.0 Å². The van der Waals surface area contributed by atoms with Crippen LogP contribution in [0.4, 0.5) is 13.2 Å². The van der Waals surface area contributed by atoms with Crippen LogP contribution in [0.1, 0.15) is 31.3 Å². The largest absolute Gasteiger partial charge is 0.490 e. The van der Waals surface area contributed by atoms with Gasteiger partial charge in [-0.05, 0) is 24.5 Å². The van der Waals surface area contributed by atoms with Crippen molar-refractivity contribution in [1.29, 1.82) is 0 Å². The van der Waals surface area contributed by atoms with Crippen LogP contribution < -0.4 is 11.4 Å². The van der Waals surface area contributed by atoms with E-state index in [4.69, 9.17) is 20.1 Å². The minimum atomic E-state index is -5.08. The second-order valence-corrected chi connectivity index (χ2v) is 5.38. The maximum absolute atomic E-state index is 11.9. The number of nitrogens with two attached hydrogens (primary N) is 1. The summed E-state index contributed by atoms with van der Waals surface area (Å²) in [6.07, 6.45) is -5.08. The molecule has 132 valence electrons. The first-order valence-electron chi connectivity index (χ1n) is 6.91. The number of hydrogen-bond acceptors (Lipinski definition) is 5. The Hall–Kier alpha value is -2.42. The summed E-state index contributed by atoms with van der Waals surface area (Å²) in [7, 11) is 0. The Morgan fingerprint density at radius 2 is 1.88 bits per heavy atom.